The van der Waals surface area contributed by atoms with E-state index in [1.54, 1.807) is 50.4 Å². The number of nitrogens with one attached hydrogen (secondary N) is 1. The Hall–Kier alpha value is -4.77. The summed E-state index contributed by atoms with van der Waals surface area (Å²) in [6.07, 6.45) is 3.72. The third kappa shape index (κ3) is 6.76. The quantitative estimate of drug-likeness (QED) is 0.209. The van der Waals surface area contributed by atoms with Crippen LogP contribution in [0.25, 0.3) is 10.9 Å². The lowest BCUT2D eigenvalue weighted by molar-refractivity contribution is -0.142. The minimum atomic E-state index is -0.502. The molecule has 1 heterocycles. The van der Waals surface area contributed by atoms with Crippen molar-refractivity contribution in [2.24, 2.45) is 0 Å². The van der Waals surface area contributed by atoms with Crippen molar-refractivity contribution in [2.75, 3.05) is 39.4 Å². The van der Waals surface area contributed by atoms with Crippen LogP contribution in [0.15, 0.2) is 66.3 Å². The van der Waals surface area contributed by atoms with Crippen LogP contribution < -0.4 is 19.5 Å². The van der Waals surface area contributed by atoms with Gasteiger partial charge in [-0.2, -0.15) is 0 Å². The zero-order chi connectivity index (χ0) is 27.8. The number of carbonyl (C=O) groups excluding carboxylic acids is 3. The van der Waals surface area contributed by atoms with E-state index in [0.29, 0.717) is 53.8 Å². The molecule has 0 bridgehead atoms. The van der Waals surface area contributed by atoms with Gasteiger partial charge in [-0.25, -0.2) is 9.97 Å². The Kier molecular flexibility index (Phi) is 8.85. The number of ketones is 2. The summed E-state index contributed by atoms with van der Waals surface area (Å²) in [7, 11) is 3.09. The van der Waals surface area contributed by atoms with Crippen LogP contribution in [-0.4, -0.2) is 61.5 Å². The molecule has 0 atom stereocenters. The number of benzene rings is 2. The maximum absolute atomic E-state index is 12.9. The first-order chi connectivity index (χ1) is 18.9. The van der Waals surface area contributed by atoms with Crippen molar-refractivity contribution in [2.45, 2.75) is 13.3 Å². The fourth-order valence-corrected chi connectivity index (χ4v) is 3.70. The fraction of sp³-hybridized carbons (Fsp3) is 0.250. The Morgan fingerprint density at radius 1 is 0.949 bits per heavy atom. The van der Waals surface area contributed by atoms with Gasteiger partial charge in [0.05, 0.1) is 38.0 Å². The molecule has 3 aromatic rings. The molecule has 1 aromatic heterocycles. The molecule has 0 saturated carbocycles. The van der Waals surface area contributed by atoms with Crippen molar-refractivity contribution in [1.29, 1.82) is 0 Å². The Labute approximate surface area is 224 Å². The van der Waals surface area contributed by atoms with E-state index < -0.39 is 11.6 Å². The van der Waals surface area contributed by atoms with Crippen LogP contribution in [0, 0.1) is 0 Å². The molecule has 0 aliphatic heterocycles. The van der Waals surface area contributed by atoms with Gasteiger partial charge in [-0.15, -0.1) is 0 Å². The van der Waals surface area contributed by atoms with Crippen molar-refractivity contribution >= 4 is 34.3 Å². The molecule has 0 spiro atoms. The number of carbonyl (C=O) groups is 3. The second-order valence-electron chi connectivity index (χ2n) is 8.23. The van der Waals surface area contributed by atoms with Gasteiger partial charge in [0.25, 0.3) is 0 Å². The van der Waals surface area contributed by atoms with E-state index in [9.17, 15) is 14.4 Å². The second-order valence-corrected chi connectivity index (χ2v) is 8.23. The Morgan fingerprint density at radius 3 is 2.46 bits per heavy atom. The first-order valence-corrected chi connectivity index (χ1v) is 12.1. The molecule has 202 valence electrons. The van der Waals surface area contributed by atoms with Gasteiger partial charge in [-0.3, -0.25) is 14.4 Å². The first kappa shape index (κ1) is 27.3. The van der Waals surface area contributed by atoms with Gasteiger partial charge in [0.2, 0.25) is 11.6 Å². The molecule has 1 aliphatic rings. The average Bonchev–Trinajstić information content (AvgIpc) is 2.92. The fourth-order valence-electron chi connectivity index (χ4n) is 3.70. The van der Waals surface area contributed by atoms with Gasteiger partial charge < -0.3 is 29.0 Å². The average molecular weight is 534 g/mol. The van der Waals surface area contributed by atoms with Gasteiger partial charge in [-0.1, -0.05) is 12.1 Å². The van der Waals surface area contributed by atoms with Crippen LogP contribution in [-0.2, 0) is 30.3 Å². The highest BCUT2D eigenvalue weighted by Gasteiger charge is 2.23. The Morgan fingerprint density at radius 2 is 1.74 bits per heavy atom. The normalized spacial score (nSPS) is 13.0. The summed E-state index contributed by atoms with van der Waals surface area (Å²) in [5.74, 6) is 0.142. The second kappa shape index (κ2) is 12.7. The predicted octanol–water partition coefficient (Wildman–Crippen LogP) is 3.18. The summed E-state index contributed by atoms with van der Waals surface area (Å²) in [5.41, 5.74) is 1.30. The number of ether oxygens (including phenoxy) is 5. The molecule has 0 unspecified atom stereocenters. The van der Waals surface area contributed by atoms with E-state index in [1.807, 2.05) is 0 Å². The number of methoxy groups -OCH3 is 2. The number of fused-ring (bicyclic) bond motifs is 1. The van der Waals surface area contributed by atoms with Gasteiger partial charge in [-0.05, 0) is 30.7 Å². The molecule has 0 saturated heterocycles. The number of nitrogens with zero attached hydrogens (tertiary/aromatic N) is 2. The first-order valence-electron chi connectivity index (χ1n) is 12.1. The smallest absolute Gasteiger partial charge is 0.310 e. The molecule has 4 rings (SSSR count). The van der Waals surface area contributed by atoms with Gasteiger partial charge in [0.1, 0.15) is 24.5 Å². The highest BCUT2D eigenvalue weighted by Crippen LogP contribution is 2.34. The van der Waals surface area contributed by atoms with E-state index in [-0.39, 0.29) is 23.8 Å². The molecule has 1 aliphatic carbocycles. The maximum Gasteiger partial charge on any atom is 0.310 e. The molecule has 2 aromatic carbocycles. The summed E-state index contributed by atoms with van der Waals surface area (Å²) in [4.78, 5) is 45.8. The van der Waals surface area contributed by atoms with Crippen LogP contribution in [0.1, 0.15) is 12.5 Å². The number of esters is 1. The lowest BCUT2D eigenvalue weighted by Gasteiger charge is -2.16. The van der Waals surface area contributed by atoms with E-state index in [2.05, 4.69) is 15.3 Å². The van der Waals surface area contributed by atoms with Gasteiger partial charge in [0, 0.05) is 30.7 Å². The third-order valence-corrected chi connectivity index (χ3v) is 5.57. The molecule has 0 radical (unpaired) electrons. The molecular weight excluding hydrogens is 506 g/mol. The molecule has 39 heavy (non-hydrogen) atoms. The van der Waals surface area contributed by atoms with Gasteiger partial charge in [0.15, 0.2) is 17.3 Å². The SMILES string of the molecule is CCOC(=O)Cc1ccc(OC2=CC(=O)C(Nc3ncnc4cc(OCCOC)c(OC)cc34)=CC2=O)cc1. The largest absolute Gasteiger partial charge is 0.493 e. The molecular formula is C28H27N3O8. The predicted molar refractivity (Wildman–Crippen MR) is 141 cm³/mol. The minimum Gasteiger partial charge on any atom is -0.493 e. The summed E-state index contributed by atoms with van der Waals surface area (Å²) >= 11 is 0. The van der Waals surface area contributed by atoms with E-state index in [4.69, 9.17) is 23.7 Å². The standard InChI is InChI=1S/C28H27N3O8/c1-4-37-27(34)11-17-5-7-18(8-6-17)39-24-15-22(32)21(13-23(24)33)31-28-19-12-25(36-3)26(38-10-9-35-2)14-20(19)29-16-30-28/h5-8,12-16H,4,9-11H2,1-3H3,(H,29,30,31). The summed E-state index contributed by atoms with van der Waals surface area (Å²) < 4.78 is 26.7. The summed E-state index contributed by atoms with van der Waals surface area (Å²) in [5, 5.41) is 3.49. The Bertz CT molecular complexity index is 1450. The molecule has 11 heteroatoms. The lowest BCUT2D eigenvalue weighted by Crippen LogP contribution is -2.21. The zero-order valence-electron chi connectivity index (χ0n) is 21.7. The number of hydrogen-bond acceptors (Lipinski definition) is 11. The lowest BCUT2D eigenvalue weighted by atomic mass is 10.1. The van der Waals surface area contributed by atoms with Crippen molar-refractivity contribution < 1.29 is 38.1 Å². The van der Waals surface area contributed by atoms with Crippen LogP contribution in [0.4, 0.5) is 5.82 Å². The summed E-state index contributed by atoms with van der Waals surface area (Å²) in [6.45, 7) is 2.78. The Balaban J connectivity index is 1.48. The summed E-state index contributed by atoms with van der Waals surface area (Å²) in [6, 6.07) is 9.98. The molecule has 0 amide bonds. The molecule has 1 N–H and O–H groups in total. The molecule has 11 nitrogen and oxygen atoms in total. The van der Waals surface area contributed by atoms with E-state index in [1.165, 1.54) is 13.4 Å². The van der Waals surface area contributed by atoms with E-state index >= 15 is 0 Å². The van der Waals surface area contributed by atoms with Crippen molar-refractivity contribution in [3.05, 3.63) is 71.9 Å². The number of rotatable bonds is 12. The van der Waals surface area contributed by atoms with Crippen molar-refractivity contribution in [1.82, 2.24) is 9.97 Å². The van der Waals surface area contributed by atoms with Crippen LogP contribution >= 0.6 is 0 Å². The molecule has 0 fully saturated rings. The number of hydrogen-bond donors (Lipinski definition) is 1. The zero-order valence-corrected chi connectivity index (χ0v) is 21.7. The maximum atomic E-state index is 12.9. The highest BCUT2D eigenvalue weighted by atomic mass is 16.5. The number of anilines is 1. The number of allylic oxidation sites excluding steroid dienone is 2. The van der Waals surface area contributed by atoms with Crippen LogP contribution in [0.5, 0.6) is 17.2 Å². The highest BCUT2D eigenvalue weighted by molar-refractivity contribution is 6.20. The number of aromatic nitrogens is 2. The van der Waals surface area contributed by atoms with Crippen LogP contribution in [0.2, 0.25) is 0 Å². The monoisotopic (exact) mass is 533 g/mol. The third-order valence-electron chi connectivity index (χ3n) is 5.57. The van der Waals surface area contributed by atoms with Gasteiger partial charge >= 0.3 is 5.97 Å². The van der Waals surface area contributed by atoms with Crippen molar-refractivity contribution in [3.8, 4) is 17.2 Å². The minimum absolute atomic E-state index is 0.0246. The van der Waals surface area contributed by atoms with Crippen molar-refractivity contribution in [3.63, 3.8) is 0 Å². The van der Waals surface area contributed by atoms with Crippen LogP contribution in [0.3, 0.4) is 0 Å². The topological polar surface area (TPSA) is 135 Å². The van der Waals surface area contributed by atoms with E-state index in [0.717, 1.165) is 17.7 Å².